The van der Waals surface area contributed by atoms with E-state index in [9.17, 15) is 0 Å². The molecule has 0 aliphatic heterocycles. The van der Waals surface area contributed by atoms with Crippen LogP contribution in [0.4, 0.5) is 0 Å². The van der Waals surface area contributed by atoms with Crippen molar-refractivity contribution in [2.24, 2.45) is 5.73 Å². The molecule has 2 rings (SSSR count). The molecule has 94 valence electrons. The summed E-state index contributed by atoms with van der Waals surface area (Å²) in [6.45, 7) is 6.40. The first-order chi connectivity index (χ1) is 8.60. The second kappa shape index (κ2) is 5.46. The maximum atomic E-state index is 5.79. The van der Waals surface area contributed by atoms with E-state index >= 15 is 0 Å². The van der Waals surface area contributed by atoms with Crippen molar-refractivity contribution in [1.82, 2.24) is 15.0 Å². The van der Waals surface area contributed by atoms with Gasteiger partial charge in [-0.05, 0) is 44.7 Å². The van der Waals surface area contributed by atoms with E-state index in [1.807, 2.05) is 32.9 Å². The summed E-state index contributed by atoms with van der Waals surface area (Å²) in [5.74, 6) is 0. The molecule has 0 amide bonds. The van der Waals surface area contributed by atoms with Crippen LogP contribution in [0.25, 0.3) is 0 Å². The van der Waals surface area contributed by atoms with Gasteiger partial charge < -0.3 is 5.73 Å². The Morgan fingerprint density at radius 3 is 2.61 bits per heavy atom. The van der Waals surface area contributed by atoms with Gasteiger partial charge in [-0.15, -0.1) is 0 Å². The highest BCUT2D eigenvalue weighted by molar-refractivity contribution is 7.99. The first kappa shape index (κ1) is 13.0. The highest BCUT2D eigenvalue weighted by atomic mass is 32.2. The molecular formula is C13H16N4S. The number of nitrogens with two attached hydrogens (primary N) is 1. The minimum Gasteiger partial charge on any atom is -0.326 e. The zero-order valence-corrected chi connectivity index (χ0v) is 11.6. The van der Waals surface area contributed by atoms with Crippen molar-refractivity contribution in [3.05, 3.63) is 41.0 Å². The van der Waals surface area contributed by atoms with Crippen molar-refractivity contribution in [2.45, 2.75) is 37.4 Å². The van der Waals surface area contributed by atoms with Crippen molar-refractivity contribution in [3.8, 4) is 0 Å². The molecule has 2 N–H and O–H groups in total. The van der Waals surface area contributed by atoms with E-state index in [1.54, 1.807) is 6.20 Å². The number of nitrogens with zero attached hydrogens (tertiary/aromatic N) is 3. The molecule has 0 aliphatic rings. The average molecular weight is 260 g/mol. The molecule has 0 spiro atoms. The molecule has 18 heavy (non-hydrogen) atoms. The first-order valence-corrected chi connectivity index (χ1v) is 6.56. The van der Waals surface area contributed by atoms with Gasteiger partial charge in [0.1, 0.15) is 0 Å². The zero-order valence-electron chi connectivity index (χ0n) is 10.8. The van der Waals surface area contributed by atoms with E-state index in [-0.39, 0.29) is 0 Å². The highest BCUT2D eigenvalue weighted by Crippen LogP contribution is 2.29. The number of hydrogen-bond acceptors (Lipinski definition) is 5. The molecule has 2 aromatic rings. The topological polar surface area (TPSA) is 64.7 Å². The lowest BCUT2D eigenvalue weighted by atomic mass is 10.2. The van der Waals surface area contributed by atoms with Crippen LogP contribution >= 0.6 is 11.8 Å². The van der Waals surface area contributed by atoms with Crippen molar-refractivity contribution in [2.75, 3.05) is 0 Å². The number of aromatic nitrogens is 3. The van der Waals surface area contributed by atoms with E-state index in [4.69, 9.17) is 5.73 Å². The second-order valence-electron chi connectivity index (χ2n) is 4.11. The molecule has 2 aromatic heterocycles. The van der Waals surface area contributed by atoms with E-state index < -0.39 is 0 Å². The van der Waals surface area contributed by atoms with Crippen molar-refractivity contribution < 1.29 is 0 Å². The Bertz CT molecular complexity index is 569. The van der Waals surface area contributed by atoms with Crippen LogP contribution in [0.2, 0.25) is 0 Å². The van der Waals surface area contributed by atoms with Crippen LogP contribution in [-0.4, -0.2) is 15.0 Å². The van der Waals surface area contributed by atoms with Crippen LogP contribution in [0, 0.1) is 20.8 Å². The summed E-state index contributed by atoms with van der Waals surface area (Å²) < 4.78 is 0. The van der Waals surface area contributed by atoms with Crippen molar-refractivity contribution >= 4 is 11.8 Å². The summed E-state index contributed by atoms with van der Waals surface area (Å²) in [5.41, 5.74) is 9.78. The number of aryl methyl sites for hydroxylation is 3. The molecular weight excluding hydrogens is 244 g/mol. The van der Waals surface area contributed by atoms with Gasteiger partial charge in [-0.25, -0.2) is 9.97 Å². The fraction of sp³-hybridized carbons (Fsp3) is 0.308. The third-order valence-corrected chi connectivity index (χ3v) is 3.56. The normalized spacial score (nSPS) is 10.7. The SMILES string of the molecule is Cc1ccnc(Sc2cc(C)nc(C)c2CN)n1. The Balaban J connectivity index is 2.39. The molecule has 0 saturated heterocycles. The van der Waals surface area contributed by atoms with Gasteiger partial charge >= 0.3 is 0 Å². The number of rotatable bonds is 3. The minimum atomic E-state index is 0.479. The third-order valence-electron chi connectivity index (χ3n) is 2.60. The standard InChI is InChI=1S/C13H16N4S/c1-8-4-5-15-13(17-8)18-12-6-9(2)16-10(3)11(12)7-14/h4-6H,7,14H2,1-3H3. The van der Waals surface area contributed by atoms with Gasteiger partial charge in [0.15, 0.2) is 5.16 Å². The Morgan fingerprint density at radius 2 is 1.94 bits per heavy atom. The quantitative estimate of drug-likeness (QED) is 0.858. The molecule has 2 heterocycles. The molecule has 0 fully saturated rings. The maximum absolute atomic E-state index is 5.79. The monoisotopic (exact) mass is 260 g/mol. The Labute approximate surface area is 111 Å². The van der Waals surface area contributed by atoms with Crippen LogP contribution in [0.5, 0.6) is 0 Å². The van der Waals surface area contributed by atoms with Gasteiger partial charge in [0.25, 0.3) is 0 Å². The molecule has 0 unspecified atom stereocenters. The van der Waals surface area contributed by atoms with E-state index in [0.29, 0.717) is 6.54 Å². The van der Waals surface area contributed by atoms with Crippen LogP contribution in [0.15, 0.2) is 28.4 Å². The van der Waals surface area contributed by atoms with Gasteiger partial charge in [-0.2, -0.15) is 0 Å². The molecule has 0 saturated carbocycles. The maximum Gasteiger partial charge on any atom is 0.192 e. The molecule has 0 atom stereocenters. The van der Waals surface area contributed by atoms with Crippen LogP contribution in [0.3, 0.4) is 0 Å². The predicted octanol–water partition coefficient (Wildman–Crippen LogP) is 2.41. The average Bonchev–Trinajstić information content (AvgIpc) is 2.28. The first-order valence-electron chi connectivity index (χ1n) is 5.75. The molecule has 0 aromatic carbocycles. The van der Waals surface area contributed by atoms with Gasteiger partial charge in [0, 0.05) is 40.3 Å². The fourth-order valence-electron chi connectivity index (χ4n) is 1.73. The largest absolute Gasteiger partial charge is 0.326 e. The van der Waals surface area contributed by atoms with Gasteiger partial charge in [0.05, 0.1) is 0 Å². The number of pyridine rings is 1. The fourth-order valence-corrected chi connectivity index (χ4v) is 2.82. The lowest BCUT2D eigenvalue weighted by Gasteiger charge is -2.10. The lowest BCUT2D eigenvalue weighted by molar-refractivity contribution is 0.917. The summed E-state index contributed by atoms with van der Waals surface area (Å²) in [6.07, 6.45) is 1.77. The number of hydrogen-bond donors (Lipinski definition) is 1. The molecule has 5 heteroatoms. The van der Waals surface area contributed by atoms with E-state index in [0.717, 1.165) is 32.7 Å². The lowest BCUT2D eigenvalue weighted by Crippen LogP contribution is -2.04. The summed E-state index contributed by atoms with van der Waals surface area (Å²) >= 11 is 1.54. The molecule has 0 bridgehead atoms. The Kier molecular flexibility index (Phi) is 3.93. The summed E-state index contributed by atoms with van der Waals surface area (Å²) in [6, 6.07) is 3.92. The van der Waals surface area contributed by atoms with Gasteiger partial charge in [0.2, 0.25) is 0 Å². The summed E-state index contributed by atoms with van der Waals surface area (Å²) in [4.78, 5) is 14.2. The van der Waals surface area contributed by atoms with Gasteiger partial charge in [-0.3, -0.25) is 4.98 Å². The third kappa shape index (κ3) is 2.86. The molecule has 0 radical (unpaired) electrons. The van der Waals surface area contributed by atoms with Crippen molar-refractivity contribution in [1.29, 1.82) is 0 Å². The van der Waals surface area contributed by atoms with E-state index in [2.05, 4.69) is 15.0 Å². The molecule has 0 aliphatic carbocycles. The second-order valence-corrected chi connectivity index (χ2v) is 5.12. The zero-order chi connectivity index (χ0) is 13.1. The predicted molar refractivity (Wildman–Crippen MR) is 72.5 cm³/mol. The van der Waals surface area contributed by atoms with E-state index in [1.165, 1.54) is 11.8 Å². The van der Waals surface area contributed by atoms with Crippen LogP contribution < -0.4 is 5.73 Å². The van der Waals surface area contributed by atoms with Crippen molar-refractivity contribution in [3.63, 3.8) is 0 Å². The van der Waals surface area contributed by atoms with Crippen LogP contribution in [0.1, 0.15) is 22.6 Å². The summed E-state index contributed by atoms with van der Waals surface area (Å²) in [5, 5.41) is 0.745. The summed E-state index contributed by atoms with van der Waals surface area (Å²) in [7, 11) is 0. The Morgan fingerprint density at radius 1 is 1.17 bits per heavy atom. The van der Waals surface area contributed by atoms with Gasteiger partial charge in [-0.1, -0.05) is 0 Å². The molecule has 4 nitrogen and oxygen atoms in total. The minimum absolute atomic E-state index is 0.479. The smallest absolute Gasteiger partial charge is 0.192 e. The highest BCUT2D eigenvalue weighted by Gasteiger charge is 2.10. The van der Waals surface area contributed by atoms with Crippen LogP contribution in [-0.2, 0) is 6.54 Å². The Hall–Kier alpha value is -1.46.